The van der Waals surface area contributed by atoms with Crippen LogP contribution in [0.4, 0.5) is 0 Å². The van der Waals surface area contributed by atoms with E-state index in [0.717, 1.165) is 5.33 Å². The Morgan fingerprint density at radius 2 is 2.17 bits per heavy atom. The fourth-order valence-electron chi connectivity index (χ4n) is 0.0412. The van der Waals surface area contributed by atoms with Crippen LogP contribution in [0.1, 0.15) is 0 Å². The minimum absolute atomic E-state index is 0.430. The maximum atomic E-state index is 5.38. The highest BCUT2D eigenvalue weighted by Crippen LogP contribution is 2.03. The van der Waals surface area contributed by atoms with Gasteiger partial charge in [0.25, 0.3) is 0 Å². The lowest BCUT2D eigenvalue weighted by Crippen LogP contribution is -1.98. The minimum Gasteiger partial charge on any atom is -0.125 e. The number of rotatable bonds is 2. The molecule has 0 spiro atoms. The summed E-state index contributed by atoms with van der Waals surface area (Å²) >= 11 is 11.9. The molecule has 0 unspecified atom stereocenters. The van der Waals surface area contributed by atoms with Gasteiger partial charge in [0.1, 0.15) is 0 Å². The van der Waals surface area contributed by atoms with Gasteiger partial charge in [-0.05, 0) is 0 Å². The Morgan fingerprint density at radius 3 is 2.17 bits per heavy atom. The van der Waals surface area contributed by atoms with Crippen molar-refractivity contribution in [3.8, 4) is 0 Å². The molecule has 0 aromatic carbocycles. The van der Waals surface area contributed by atoms with Crippen molar-refractivity contribution in [2.75, 3.05) is 11.2 Å². The lowest BCUT2D eigenvalue weighted by atomic mass is 10.6. The van der Waals surface area contributed by atoms with Crippen LogP contribution < -0.4 is 0 Å². The molecule has 0 aliphatic heterocycles. The second kappa shape index (κ2) is 4.41. The topological polar surface area (TPSA) is 0 Å². The molecule has 0 heterocycles. The van der Waals surface area contributed by atoms with Gasteiger partial charge in [-0.1, -0.05) is 31.9 Å². The molecular formula is C3H5Br2Cl. The van der Waals surface area contributed by atoms with Crippen molar-refractivity contribution in [1.29, 1.82) is 0 Å². The minimum atomic E-state index is 0.430. The first kappa shape index (κ1) is 7.25. The molecule has 0 amide bonds. The molecular weight excluding hydrogens is 231 g/mol. The summed E-state index contributed by atoms with van der Waals surface area (Å²) in [6.45, 7) is 0. The summed E-state index contributed by atoms with van der Waals surface area (Å²) in [5.74, 6) is 0.672. The van der Waals surface area contributed by atoms with Gasteiger partial charge in [0.2, 0.25) is 0 Å². The first-order chi connectivity index (χ1) is 2.81. The Morgan fingerprint density at radius 1 is 1.67 bits per heavy atom. The first-order valence-electron chi connectivity index (χ1n) is 1.57. The number of alkyl halides is 3. The fraction of sp³-hybridized carbons (Fsp3) is 1.00. The summed E-state index contributed by atoms with van der Waals surface area (Å²) in [4.78, 5) is 0.430. The monoisotopic (exact) mass is 234 g/mol. The third kappa shape index (κ3) is 3.44. The van der Waals surface area contributed by atoms with E-state index in [4.69, 9.17) is 11.6 Å². The summed E-state index contributed by atoms with van der Waals surface area (Å²) in [6, 6.07) is 0. The van der Waals surface area contributed by atoms with E-state index in [0.29, 0.717) is 10.7 Å². The summed E-state index contributed by atoms with van der Waals surface area (Å²) in [5.41, 5.74) is 0. The highest BCUT2D eigenvalue weighted by molar-refractivity contribution is 9.12. The maximum Gasteiger partial charge on any atom is 0.0378 e. The van der Waals surface area contributed by atoms with E-state index in [-0.39, 0.29) is 0 Å². The molecule has 0 fully saturated rings. The normalized spacial score (nSPS) is 14.5. The summed E-state index contributed by atoms with van der Waals surface area (Å²) in [7, 11) is 0. The average Bonchev–Trinajstić information content (AvgIpc) is 1.65. The second-order valence-electron chi connectivity index (χ2n) is 0.906. The van der Waals surface area contributed by atoms with E-state index in [2.05, 4.69) is 31.9 Å². The van der Waals surface area contributed by atoms with Crippen LogP contribution in [0.5, 0.6) is 0 Å². The zero-order chi connectivity index (χ0) is 4.99. The van der Waals surface area contributed by atoms with E-state index in [1.807, 2.05) is 0 Å². The maximum absolute atomic E-state index is 5.38. The van der Waals surface area contributed by atoms with Crippen LogP contribution in [0.25, 0.3) is 0 Å². The van der Waals surface area contributed by atoms with Crippen molar-refractivity contribution in [3.05, 3.63) is 0 Å². The van der Waals surface area contributed by atoms with Crippen molar-refractivity contribution < 1.29 is 0 Å². The van der Waals surface area contributed by atoms with Gasteiger partial charge in [-0.15, -0.1) is 11.6 Å². The van der Waals surface area contributed by atoms with Crippen molar-refractivity contribution in [2.45, 2.75) is 4.83 Å². The SMILES string of the molecule is ClC[C@H](Br)CBr. The molecule has 38 valence electrons. The van der Waals surface area contributed by atoms with Crippen LogP contribution in [0.2, 0.25) is 0 Å². The molecule has 0 radical (unpaired) electrons. The molecule has 0 N–H and O–H groups in total. The Kier molecular flexibility index (Phi) is 5.33. The molecule has 6 heavy (non-hydrogen) atoms. The van der Waals surface area contributed by atoms with Crippen molar-refractivity contribution in [1.82, 2.24) is 0 Å². The van der Waals surface area contributed by atoms with E-state index < -0.39 is 0 Å². The molecule has 0 saturated carbocycles. The quantitative estimate of drug-likeness (QED) is 0.646. The van der Waals surface area contributed by atoms with Gasteiger partial charge in [0.15, 0.2) is 0 Å². The molecule has 0 aromatic rings. The Balaban J connectivity index is 2.75. The number of hydrogen-bond acceptors (Lipinski definition) is 0. The fourth-order valence-corrected chi connectivity index (χ4v) is 0.643. The van der Waals surface area contributed by atoms with Crippen LogP contribution in [-0.2, 0) is 0 Å². The molecule has 0 bridgehead atoms. The lowest BCUT2D eigenvalue weighted by molar-refractivity contribution is 1.18. The standard InChI is InChI=1S/C3H5Br2Cl/c4-1-3(5)2-6/h3H,1-2H2/t3-/m1/s1. The molecule has 0 saturated heterocycles. The predicted octanol–water partition coefficient (Wildman–Crippen LogP) is 2.38. The van der Waals surface area contributed by atoms with Gasteiger partial charge in [-0.2, -0.15) is 0 Å². The Hall–Kier alpha value is 1.25. The van der Waals surface area contributed by atoms with Crippen molar-refractivity contribution in [2.24, 2.45) is 0 Å². The van der Waals surface area contributed by atoms with Gasteiger partial charge in [-0.25, -0.2) is 0 Å². The van der Waals surface area contributed by atoms with E-state index >= 15 is 0 Å². The zero-order valence-corrected chi connectivity index (χ0v) is 7.05. The Labute approximate surface area is 59.5 Å². The van der Waals surface area contributed by atoms with Crippen LogP contribution in [-0.4, -0.2) is 16.0 Å². The average molecular weight is 236 g/mol. The molecule has 3 heteroatoms. The predicted molar refractivity (Wildman–Crippen MR) is 37.2 cm³/mol. The Bertz CT molecular complexity index is 28.0. The number of halogens is 3. The molecule has 1 atom stereocenters. The third-order valence-electron chi connectivity index (χ3n) is 0.335. The van der Waals surface area contributed by atoms with E-state index in [1.165, 1.54) is 0 Å². The van der Waals surface area contributed by atoms with Gasteiger partial charge >= 0.3 is 0 Å². The molecule has 0 aliphatic rings. The van der Waals surface area contributed by atoms with Gasteiger partial charge in [-0.3, -0.25) is 0 Å². The van der Waals surface area contributed by atoms with Crippen molar-refractivity contribution >= 4 is 43.5 Å². The highest BCUT2D eigenvalue weighted by atomic mass is 79.9. The molecule has 0 aliphatic carbocycles. The largest absolute Gasteiger partial charge is 0.125 e. The summed E-state index contributed by atoms with van der Waals surface area (Å²) in [6.07, 6.45) is 0. The van der Waals surface area contributed by atoms with Gasteiger partial charge < -0.3 is 0 Å². The van der Waals surface area contributed by atoms with Crippen molar-refractivity contribution in [3.63, 3.8) is 0 Å². The zero-order valence-electron chi connectivity index (χ0n) is 3.13. The molecule has 0 nitrogen and oxygen atoms in total. The second-order valence-corrected chi connectivity index (χ2v) is 3.16. The van der Waals surface area contributed by atoms with Gasteiger partial charge in [0, 0.05) is 16.0 Å². The lowest BCUT2D eigenvalue weighted by Gasteiger charge is -1.93. The molecule has 0 aromatic heterocycles. The molecule has 0 rings (SSSR count). The third-order valence-corrected chi connectivity index (χ3v) is 3.38. The van der Waals surface area contributed by atoms with E-state index in [9.17, 15) is 0 Å². The van der Waals surface area contributed by atoms with Gasteiger partial charge in [0.05, 0.1) is 0 Å². The van der Waals surface area contributed by atoms with E-state index in [1.54, 1.807) is 0 Å². The summed E-state index contributed by atoms with van der Waals surface area (Å²) < 4.78 is 0. The van der Waals surface area contributed by atoms with Crippen LogP contribution in [0.3, 0.4) is 0 Å². The highest BCUT2D eigenvalue weighted by Gasteiger charge is 1.94. The van der Waals surface area contributed by atoms with Crippen LogP contribution in [0, 0.1) is 0 Å². The number of hydrogen-bond donors (Lipinski definition) is 0. The first-order valence-corrected chi connectivity index (χ1v) is 4.14. The van der Waals surface area contributed by atoms with Crippen LogP contribution >= 0.6 is 43.5 Å². The smallest absolute Gasteiger partial charge is 0.0378 e. The van der Waals surface area contributed by atoms with Crippen LogP contribution in [0.15, 0.2) is 0 Å². The summed E-state index contributed by atoms with van der Waals surface area (Å²) in [5, 5.41) is 0.927.